The number of benzene rings is 2. The molecule has 0 atom stereocenters. The van der Waals surface area contributed by atoms with Gasteiger partial charge in [0.15, 0.2) is 5.78 Å². The third kappa shape index (κ3) is 4.02. The Morgan fingerprint density at radius 2 is 1.77 bits per heavy atom. The van der Waals surface area contributed by atoms with Crippen molar-refractivity contribution in [2.45, 2.75) is 0 Å². The van der Waals surface area contributed by atoms with E-state index < -0.39 is 11.5 Å². The maximum absolute atomic E-state index is 12.4. The van der Waals surface area contributed by atoms with E-state index in [9.17, 15) is 14.9 Å². The molecule has 0 amide bonds. The topological polar surface area (TPSA) is 69.4 Å². The van der Waals surface area contributed by atoms with Crippen LogP contribution in [0.1, 0.15) is 15.9 Å². The van der Waals surface area contributed by atoms with Gasteiger partial charge >= 0.3 is 0 Å². The average Bonchev–Trinajstić information content (AvgIpc) is 2.54. The van der Waals surface area contributed by atoms with Crippen LogP contribution in [0.25, 0.3) is 6.08 Å². The molecule has 0 N–H and O–H groups in total. The summed E-state index contributed by atoms with van der Waals surface area (Å²) in [5.74, 6) is 0.343. The van der Waals surface area contributed by atoms with Crippen LogP contribution in [0, 0.1) is 10.1 Å². The molecule has 0 spiro atoms. The van der Waals surface area contributed by atoms with E-state index in [-0.39, 0.29) is 11.4 Å². The Kier molecular flexibility index (Phi) is 5.03. The van der Waals surface area contributed by atoms with E-state index >= 15 is 0 Å². The number of ether oxygens (including phenoxy) is 1. The first-order valence-corrected chi connectivity index (χ1v) is 6.66. The second-order valence-corrected chi connectivity index (χ2v) is 4.63. The van der Waals surface area contributed by atoms with Crippen molar-refractivity contribution >= 4 is 11.9 Å². The van der Waals surface area contributed by atoms with Gasteiger partial charge in [0.05, 0.1) is 12.7 Å². The molecular weight excluding hydrogens is 282 g/mol. The lowest BCUT2D eigenvalue weighted by molar-refractivity contribution is -0.469. The minimum atomic E-state index is -0.514. The first-order chi connectivity index (χ1) is 10.6. The van der Waals surface area contributed by atoms with Crippen LogP contribution in [0.3, 0.4) is 0 Å². The molecule has 0 aliphatic carbocycles. The Balaban J connectivity index is 2.34. The highest BCUT2D eigenvalue weighted by Crippen LogP contribution is 2.16. The van der Waals surface area contributed by atoms with E-state index in [1.54, 1.807) is 61.7 Å². The Morgan fingerprint density at radius 3 is 2.32 bits per heavy atom. The molecule has 0 bridgehead atoms. The normalized spacial score (nSPS) is 11.0. The van der Waals surface area contributed by atoms with Crippen LogP contribution in [0.2, 0.25) is 0 Å². The van der Waals surface area contributed by atoms with E-state index in [0.29, 0.717) is 16.9 Å². The molecule has 0 aliphatic rings. The van der Waals surface area contributed by atoms with Crippen molar-refractivity contribution < 1.29 is 14.5 Å². The van der Waals surface area contributed by atoms with E-state index in [1.165, 1.54) is 6.08 Å². The monoisotopic (exact) mass is 297 g/mol. The summed E-state index contributed by atoms with van der Waals surface area (Å²) in [5, 5.41) is 10.8. The van der Waals surface area contributed by atoms with Crippen LogP contribution in [-0.2, 0) is 0 Å². The number of hydrogen-bond acceptors (Lipinski definition) is 4. The van der Waals surface area contributed by atoms with E-state index in [4.69, 9.17) is 4.74 Å². The van der Waals surface area contributed by atoms with E-state index in [1.807, 2.05) is 0 Å². The van der Waals surface area contributed by atoms with Gasteiger partial charge in [0.25, 0.3) is 0 Å². The molecule has 2 aromatic carbocycles. The second-order valence-electron chi connectivity index (χ2n) is 4.63. The molecule has 2 rings (SSSR count). The maximum atomic E-state index is 12.4. The largest absolute Gasteiger partial charge is 0.497 e. The SMILES string of the molecule is COc1ccc(/C=C(\C[N+](=O)[O-])C(=O)c2ccccc2)cc1. The molecule has 2 aromatic rings. The van der Waals surface area contributed by atoms with E-state index in [2.05, 4.69) is 0 Å². The summed E-state index contributed by atoms with van der Waals surface area (Å²) in [4.78, 5) is 22.7. The number of Topliss-reactive ketones (excluding diaryl/α,β-unsaturated/α-hetero) is 1. The third-order valence-electron chi connectivity index (χ3n) is 3.08. The predicted octanol–water partition coefficient (Wildman–Crippen LogP) is 3.24. The lowest BCUT2D eigenvalue weighted by Gasteiger charge is -2.04. The van der Waals surface area contributed by atoms with Gasteiger partial charge in [-0.3, -0.25) is 14.9 Å². The second kappa shape index (κ2) is 7.17. The first-order valence-electron chi connectivity index (χ1n) is 6.66. The maximum Gasteiger partial charge on any atom is 0.232 e. The molecule has 0 fully saturated rings. The third-order valence-corrected chi connectivity index (χ3v) is 3.08. The van der Waals surface area contributed by atoms with E-state index in [0.717, 1.165) is 0 Å². The quantitative estimate of drug-likeness (QED) is 0.355. The van der Waals surface area contributed by atoms with Gasteiger partial charge in [-0.1, -0.05) is 42.5 Å². The van der Waals surface area contributed by atoms with Crippen LogP contribution in [0.5, 0.6) is 5.75 Å². The Bertz CT molecular complexity index is 690. The van der Waals surface area contributed by atoms with Gasteiger partial charge in [-0.25, -0.2) is 0 Å². The molecule has 0 unspecified atom stereocenters. The lowest BCUT2D eigenvalue weighted by atomic mass is 10.0. The summed E-state index contributed by atoms with van der Waals surface area (Å²) < 4.78 is 5.06. The van der Waals surface area contributed by atoms with Crippen LogP contribution in [0.4, 0.5) is 0 Å². The summed E-state index contributed by atoms with van der Waals surface area (Å²) >= 11 is 0. The zero-order valence-electron chi connectivity index (χ0n) is 12.1. The summed E-state index contributed by atoms with van der Waals surface area (Å²) in [7, 11) is 1.56. The van der Waals surface area contributed by atoms with Crippen LogP contribution >= 0.6 is 0 Å². The highest BCUT2D eigenvalue weighted by atomic mass is 16.6. The number of nitrogens with zero attached hydrogens (tertiary/aromatic N) is 1. The predicted molar refractivity (Wildman–Crippen MR) is 83.6 cm³/mol. The van der Waals surface area contributed by atoms with Crippen molar-refractivity contribution in [2.24, 2.45) is 0 Å². The molecular formula is C17H15NO4. The highest BCUT2D eigenvalue weighted by Gasteiger charge is 2.17. The van der Waals surface area contributed by atoms with Crippen LogP contribution < -0.4 is 4.74 Å². The molecule has 5 heteroatoms. The molecule has 0 heterocycles. The van der Waals surface area contributed by atoms with Crippen molar-refractivity contribution in [2.75, 3.05) is 13.7 Å². The van der Waals surface area contributed by atoms with Crippen molar-refractivity contribution in [3.8, 4) is 5.75 Å². The van der Waals surface area contributed by atoms with Gasteiger partial charge in [0.2, 0.25) is 6.54 Å². The first kappa shape index (κ1) is 15.4. The van der Waals surface area contributed by atoms with Gasteiger partial charge in [-0.15, -0.1) is 0 Å². The summed E-state index contributed by atoms with van der Waals surface area (Å²) in [6.07, 6.45) is 1.54. The number of carbonyl (C=O) groups is 1. The number of rotatable bonds is 6. The van der Waals surface area contributed by atoms with Crippen molar-refractivity contribution in [1.82, 2.24) is 0 Å². The van der Waals surface area contributed by atoms with Crippen LogP contribution in [-0.4, -0.2) is 24.4 Å². The number of methoxy groups -OCH3 is 1. The average molecular weight is 297 g/mol. The Hall–Kier alpha value is -2.95. The molecule has 5 nitrogen and oxygen atoms in total. The fourth-order valence-corrected chi connectivity index (χ4v) is 2.00. The smallest absolute Gasteiger partial charge is 0.232 e. The molecule has 0 aliphatic heterocycles. The zero-order valence-corrected chi connectivity index (χ0v) is 12.1. The number of carbonyl (C=O) groups excluding carboxylic acids is 1. The molecule has 0 saturated heterocycles. The number of hydrogen-bond donors (Lipinski definition) is 0. The molecule has 0 aromatic heterocycles. The Labute approximate surface area is 128 Å². The summed E-state index contributed by atoms with van der Waals surface area (Å²) in [6, 6.07) is 15.5. The van der Waals surface area contributed by atoms with Crippen molar-refractivity contribution in [3.05, 3.63) is 81.4 Å². The molecule has 112 valence electrons. The summed E-state index contributed by atoms with van der Waals surface area (Å²) in [5.41, 5.74) is 1.28. The van der Waals surface area contributed by atoms with Crippen molar-refractivity contribution in [3.63, 3.8) is 0 Å². The number of ketones is 1. The Morgan fingerprint density at radius 1 is 1.14 bits per heavy atom. The van der Waals surface area contributed by atoms with Gasteiger partial charge in [-0.05, 0) is 23.8 Å². The van der Waals surface area contributed by atoms with Gasteiger partial charge < -0.3 is 4.74 Å². The standard InChI is InChI=1S/C17H15NO4/c1-22-16-9-7-13(8-10-16)11-15(12-18(20)21)17(19)14-5-3-2-4-6-14/h2-11H,12H2,1H3/b15-11+. The van der Waals surface area contributed by atoms with Gasteiger partial charge in [0.1, 0.15) is 5.75 Å². The summed E-state index contributed by atoms with van der Waals surface area (Å²) in [6.45, 7) is -0.514. The van der Waals surface area contributed by atoms with Gasteiger partial charge in [0, 0.05) is 10.5 Å². The highest BCUT2D eigenvalue weighted by molar-refractivity contribution is 6.11. The fourth-order valence-electron chi connectivity index (χ4n) is 2.00. The molecule has 0 saturated carbocycles. The zero-order chi connectivity index (χ0) is 15.9. The minimum absolute atomic E-state index is 0.140. The van der Waals surface area contributed by atoms with Gasteiger partial charge in [-0.2, -0.15) is 0 Å². The fraction of sp³-hybridized carbons (Fsp3) is 0.118. The molecule has 0 radical (unpaired) electrons. The molecule has 22 heavy (non-hydrogen) atoms. The number of nitro groups is 1. The van der Waals surface area contributed by atoms with Crippen molar-refractivity contribution in [1.29, 1.82) is 0 Å². The van der Waals surface area contributed by atoms with Crippen LogP contribution in [0.15, 0.2) is 60.2 Å². The lowest BCUT2D eigenvalue weighted by Crippen LogP contribution is -2.13. The minimum Gasteiger partial charge on any atom is -0.497 e.